The third kappa shape index (κ3) is 5.22. The Morgan fingerprint density at radius 3 is 1.97 bits per heavy atom. The minimum atomic E-state index is -5.08. The largest absolute Gasteiger partial charge is 0.490 e. The van der Waals surface area contributed by atoms with E-state index in [1.807, 2.05) is 18.2 Å². The Hall–Kier alpha value is -3.37. The van der Waals surface area contributed by atoms with Gasteiger partial charge in [-0.15, -0.1) is 10.2 Å². The van der Waals surface area contributed by atoms with Crippen molar-refractivity contribution in [3.63, 3.8) is 0 Å². The van der Waals surface area contributed by atoms with Gasteiger partial charge in [-0.1, -0.05) is 6.58 Å². The van der Waals surface area contributed by atoms with Crippen molar-refractivity contribution in [2.45, 2.75) is 25.4 Å². The molecule has 2 aromatic rings. The van der Waals surface area contributed by atoms with Crippen LogP contribution in [0.3, 0.4) is 0 Å². The molecule has 0 saturated carbocycles. The fraction of sp³-hybridized carbons (Fsp3) is 0.400. The number of aromatic nitrogens is 2. The first-order valence-corrected chi connectivity index (χ1v) is 9.74. The molecule has 4 rings (SSSR count). The summed E-state index contributed by atoms with van der Waals surface area (Å²) in [5.41, 5.74) is 0.759. The zero-order chi connectivity index (χ0) is 22.6. The summed E-state index contributed by atoms with van der Waals surface area (Å²) >= 11 is 0. The summed E-state index contributed by atoms with van der Waals surface area (Å²) in [6.45, 7) is 7.58. The van der Waals surface area contributed by atoms with Crippen molar-refractivity contribution < 1.29 is 27.9 Å². The molecule has 0 unspecified atom stereocenters. The lowest BCUT2D eigenvalue weighted by Gasteiger charge is -2.33. The quantitative estimate of drug-likeness (QED) is 0.709. The molecule has 2 fully saturated rings. The van der Waals surface area contributed by atoms with Gasteiger partial charge in [0.1, 0.15) is 0 Å². The van der Waals surface area contributed by atoms with Crippen molar-refractivity contribution in [2.75, 3.05) is 41.3 Å². The highest BCUT2D eigenvalue weighted by atomic mass is 19.4. The smallest absolute Gasteiger partial charge is 0.475 e. The molecule has 8 nitrogen and oxygen atoms in total. The number of alkyl halides is 3. The lowest BCUT2D eigenvalue weighted by atomic mass is 10.1. The summed E-state index contributed by atoms with van der Waals surface area (Å²) in [7, 11) is 0. The fourth-order valence-corrected chi connectivity index (χ4v) is 3.32. The molecule has 2 aliphatic rings. The lowest BCUT2D eigenvalue weighted by molar-refractivity contribution is -0.192. The van der Waals surface area contributed by atoms with Crippen LogP contribution in [0.2, 0.25) is 0 Å². The molecule has 2 saturated heterocycles. The maximum atomic E-state index is 11.6. The average molecular weight is 437 g/mol. The van der Waals surface area contributed by atoms with E-state index in [0.717, 1.165) is 54.3 Å². The third-order valence-corrected chi connectivity index (χ3v) is 5.00. The molecular weight excluding hydrogens is 415 g/mol. The summed E-state index contributed by atoms with van der Waals surface area (Å²) < 4.78 is 31.7. The molecule has 2 aliphatic heterocycles. The van der Waals surface area contributed by atoms with E-state index in [1.165, 1.54) is 25.3 Å². The number of hydrogen-bond acceptors (Lipinski definition) is 6. The number of fused-ring (bicyclic) bond motifs is 1. The first-order valence-electron chi connectivity index (χ1n) is 9.74. The number of rotatable bonds is 4. The molecule has 31 heavy (non-hydrogen) atoms. The van der Waals surface area contributed by atoms with E-state index in [4.69, 9.17) is 9.90 Å². The standard InChI is InChI=1S/C18H21N5O.C2HF3O2/c1-2-16(24)19-13-6-7-14-15(12-13)18(23-10-5-11-23)21-20-17(14)22-8-3-4-9-22;3-2(4,5)1(6)7/h2,6-7,12H,1,3-5,8-11H2,(H,19,24);(H,6,7). The Labute approximate surface area is 176 Å². The third-order valence-electron chi connectivity index (χ3n) is 5.00. The van der Waals surface area contributed by atoms with E-state index in [2.05, 4.69) is 31.9 Å². The van der Waals surface area contributed by atoms with Gasteiger partial charge in [-0.2, -0.15) is 13.2 Å². The molecular formula is C20H22F3N5O3. The van der Waals surface area contributed by atoms with Gasteiger partial charge in [-0.25, -0.2) is 4.79 Å². The second-order valence-electron chi connectivity index (χ2n) is 7.14. The van der Waals surface area contributed by atoms with E-state index >= 15 is 0 Å². The summed E-state index contributed by atoms with van der Waals surface area (Å²) in [5.74, 6) is -1.10. The number of anilines is 3. The van der Waals surface area contributed by atoms with Crippen LogP contribution in [0.4, 0.5) is 30.5 Å². The fourth-order valence-electron chi connectivity index (χ4n) is 3.32. The van der Waals surface area contributed by atoms with Crippen molar-refractivity contribution in [2.24, 2.45) is 0 Å². The van der Waals surface area contributed by atoms with Crippen LogP contribution >= 0.6 is 0 Å². The molecule has 1 amide bonds. The van der Waals surface area contributed by atoms with Crippen LogP contribution in [-0.2, 0) is 9.59 Å². The number of benzene rings is 1. The van der Waals surface area contributed by atoms with E-state index in [0.29, 0.717) is 0 Å². The summed E-state index contributed by atoms with van der Waals surface area (Å²) in [6.07, 6.45) is -0.222. The maximum absolute atomic E-state index is 11.6. The number of aliphatic carboxylic acids is 1. The van der Waals surface area contributed by atoms with Gasteiger partial charge in [-0.3, -0.25) is 4.79 Å². The molecule has 166 valence electrons. The van der Waals surface area contributed by atoms with E-state index < -0.39 is 12.1 Å². The van der Waals surface area contributed by atoms with Crippen molar-refractivity contribution >= 4 is 40.0 Å². The van der Waals surface area contributed by atoms with Crippen molar-refractivity contribution in [1.82, 2.24) is 10.2 Å². The Kier molecular flexibility index (Phi) is 6.62. The van der Waals surface area contributed by atoms with Gasteiger partial charge >= 0.3 is 12.1 Å². The first kappa shape index (κ1) is 22.3. The minimum absolute atomic E-state index is 0.207. The number of carboxylic acid groups (broad SMARTS) is 1. The van der Waals surface area contributed by atoms with Crippen LogP contribution in [0.5, 0.6) is 0 Å². The van der Waals surface area contributed by atoms with Crippen molar-refractivity contribution in [3.05, 3.63) is 30.9 Å². The van der Waals surface area contributed by atoms with Crippen LogP contribution < -0.4 is 15.1 Å². The first-order chi connectivity index (χ1) is 14.7. The number of carboxylic acids is 1. The number of carbonyl (C=O) groups is 2. The van der Waals surface area contributed by atoms with Crippen LogP contribution in [-0.4, -0.2) is 59.5 Å². The second-order valence-corrected chi connectivity index (χ2v) is 7.14. The highest BCUT2D eigenvalue weighted by molar-refractivity contribution is 6.04. The number of halogens is 3. The van der Waals surface area contributed by atoms with E-state index in [9.17, 15) is 18.0 Å². The normalized spacial score (nSPS) is 15.7. The number of carbonyl (C=O) groups excluding carboxylic acids is 1. The zero-order valence-corrected chi connectivity index (χ0v) is 16.7. The van der Waals surface area contributed by atoms with Crippen LogP contribution in [0.25, 0.3) is 10.8 Å². The molecule has 1 aromatic heterocycles. The van der Waals surface area contributed by atoms with Gasteiger partial charge in [0.2, 0.25) is 5.91 Å². The second kappa shape index (κ2) is 9.19. The molecule has 0 atom stereocenters. The van der Waals surface area contributed by atoms with Gasteiger partial charge in [0.25, 0.3) is 0 Å². The number of nitrogens with one attached hydrogen (secondary N) is 1. The van der Waals surface area contributed by atoms with Gasteiger partial charge in [0, 0.05) is 42.6 Å². The monoisotopic (exact) mass is 437 g/mol. The van der Waals surface area contributed by atoms with E-state index in [-0.39, 0.29) is 5.91 Å². The molecule has 0 bridgehead atoms. The Balaban J connectivity index is 0.000000339. The number of hydrogen-bond donors (Lipinski definition) is 2. The topological polar surface area (TPSA) is 98.7 Å². The van der Waals surface area contributed by atoms with Crippen LogP contribution in [0, 0.1) is 0 Å². The van der Waals surface area contributed by atoms with Gasteiger partial charge in [0.05, 0.1) is 0 Å². The van der Waals surface area contributed by atoms with Crippen LogP contribution in [0.1, 0.15) is 19.3 Å². The van der Waals surface area contributed by atoms with Gasteiger partial charge in [0.15, 0.2) is 11.6 Å². The minimum Gasteiger partial charge on any atom is -0.475 e. The van der Waals surface area contributed by atoms with E-state index in [1.54, 1.807) is 0 Å². The van der Waals surface area contributed by atoms with Gasteiger partial charge < -0.3 is 20.2 Å². The predicted molar refractivity (Wildman–Crippen MR) is 110 cm³/mol. The molecule has 1 aromatic carbocycles. The zero-order valence-electron chi connectivity index (χ0n) is 16.7. The summed E-state index contributed by atoms with van der Waals surface area (Å²) in [4.78, 5) is 25.0. The molecule has 0 spiro atoms. The van der Waals surface area contributed by atoms with Crippen molar-refractivity contribution in [3.8, 4) is 0 Å². The highest BCUT2D eigenvalue weighted by Gasteiger charge is 2.38. The van der Waals surface area contributed by atoms with Crippen molar-refractivity contribution in [1.29, 1.82) is 0 Å². The maximum Gasteiger partial charge on any atom is 0.490 e. The average Bonchev–Trinajstić information content (AvgIpc) is 3.21. The molecule has 0 radical (unpaired) electrons. The number of amides is 1. The Bertz CT molecular complexity index is 986. The SMILES string of the molecule is C=CC(=O)Nc1ccc2c(N3CCCC3)nnc(N3CCC3)c2c1.O=C(O)C(F)(F)F. The predicted octanol–water partition coefficient (Wildman–Crippen LogP) is 3.20. The Morgan fingerprint density at radius 2 is 1.52 bits per heavy atom. The molecule has 2 N–H and O–H groups in total. The number of nitrogens with zero attached hydrogens (tertiary/aromatic N) is 4. The molecule has 11 heteroatoms. The van der Waals surface area contributed by atoms with Gasteiger partial charge in [-0.05, 0) is 43.5 Å². The molecule has 3 heterocycles. The lowest BCUT2D eigenvalue weighted by Crippen LogP contribution is -2.38. The Morgan fingerprint density at radius 1 is 1.00 bits per heavy atom. The summed E-state index contributed by atoms with van der Waals surface area (Å²) in [6, 6.07) is 5.96. The summed E-state index contributed by atoms with van der Waals surface area (Å²) in [5, 5.41) is 21.2. The molecule has 0 aliphatic carbocycles. The highest BCUT2D eigenvalue weighted by Crippen LogP contribution is 2.35. The van der Waals surface area contributed by atoms with Crippen LogP contribution in [0.15, 0.2) is 30.9 Å².